The first-order valence-corrected chi connectivity index (χ1v) is 9.52. The van der Waals surface area contributed by atoms with E-state index in [1.165, 1.54) is 5.52 Å². The Hall–Kier alpha value is -1.40. The number of aryl methyl sites for hydroxylation is 1. The van der Waals surface area contributed by atoms with Crippen LogP contribution < -0.4 is 0 Å². The van der Waals surface area contributed by atoms with Crippen LogP contribution in [-0.4, -0.2) is 41.1 Å². The monoisotopic (exact) mass is 321 g/mol. The number of aromatic nitrogens is 2. The number of rotatable bonds is 4. The van der Waals surface area contributed by atoms with Gasteiger partial charge in [-0.15, -0.1) is 0 Å². The Morgan fingerprint density at radius 1 is 1.23 bits per heavy atom. The van der Waals surface area contributed by atoms with Gasteiger partial charge in [-0.1, -0.05) is 12.1 Å². The highest BCUT2D eigenvalue weighted by Gasteiger charge is 2.27. The van der Waals surface area contributed by atoms with Crippen LogP contribution >= 0.6 is 0 Å². The number of piperidine rings is 1. The van der Waals surface area contributed by atoms with Crippen LogP contribution in [-0.2, 0) is 16.6 Å². The first kappa shape index (κ1) is 15.5. The molecule has 0 atom stereocenters. The summed E-state index contributed by atoms with van der Waals surface area (Å²) in [7, 11) is -3.04. The molecule has 2 aromatic rings. The van der Waals surface area contributed by atoms with E-state index in [-0.39, 0.29) is 5.75 Å². The zero-order valence-corrected chi connectivity index (χ0v) is 14.0. The average molecular weight is 321 g/mol. The van der Waals surface area contributed by atoms with Crippen molar-refractivity contribution >= 4 is 21.1 Å². The average Bonchev–Trinajstić information content (AvgIpc) is 2.84. The number of hydrogen-bond acceptors (Lipinski definition) is 3. The molecule has 5 nitrogen and oxygen atoms in total. The first-order chi connectivity index (χ1) is 10.5. The third kappa shape index (κ3) is 2.90. The van der Waals surface area contributed by atoms with Crippen molar-refractivity contribution in [1.29, 1.82) is 0 Å². The van der Waals surface area contributed by atoms with Crippen LogP contribution in [0.15, 0.2) is 24.3 Å². The Morgan fingerprint density at radius 3 is 2.59 bits per heavy atom. The van der Waals surface area contributed by atoms with Gasteiger partial charge in [0, 0.05) is 19.6 Å². The summed E-state index contributed by atoms with van der Waals surface area (Å²) in [5, 5.41) is 0. The molecular weight excluding hydrogens is 298 g/mol. The van der Waals surface area contributed by atoms with Gasteiger partial charge in [0.15, 0.2) is 0 Å². The molecule has 0 spiro atoms. The van der Waals surface area contributed by atoms with Gasteiger partial charge in [0.25, 0.3) is 0 Å². The third-order valence-corrected chi connectivity index (χ3v) is 6.50. The number of imidazole rings is 1. The molecule has 0 N–H and O–H groups in total. The van der Waals surface area contributed by atoms with Gasteiger partial charge in [-0.05, 0) is 44.7 Å². The van der Waals surface area contributed by atoms with E-state index in [1.807, 2.05) is 25.1 Å². The van der Waals surface area contributed by atoms with Crippen molar-refractivity contribution in [1.82, 2.24) is 13.9 Å². The number of sulfonamides is 1. The molecule has 0 aliphatic carbocycles. The smallest absolute Gasteiger partial charge is 0.213 e. The normalized spacial score (nSPS) is 18.1. The lowest BCUT2D eigenvalue weighted by Gasteiger charge is -2.31. The highest BCUT2D eigenvalue weighted by Crippen LogP contribution is 2.24. The highest BCUT2D eigenvalue weighted by atomic mass is 32.2. The quantitative estimate of drug-likeness (QED) is 0.869. The standard InChI is InChI=1S/C16H23N3O2S/c1-3-22(20,21)18-10-8-14(9-11-18)12-19-13(2)17-15-6-4-5-7-16(15)19/h4-7,14H,3,8-12H2,1-2H3. The molecule has 6 heteroatoms. The molecule has 0 radical (unpaired) electrons. The summed E-state index contributed by atoms with van der Waals surface area (Å²) >= 11 is 0. The molecular formula is C16H23N3O2S. The van der Waals surface area contributed by atoms with Gasteiger partial charge in [-0.3, -0.25) is 0 Å². The van der Waals surface area contributed by atoms with Crippen molar-refractivity contribution in [3.8, 4) is 0 Å². The molecule has 0 bridgehead atoms. The number of benzene rings is 1. The second-order valence-electron chi connectivity index (χ2n) is 6.00. The van der Waals surface area contributed by atoms with E-state index < -0.39 is 10.0 Å². The largest absolute Gasteiger partial charge is 0.328 e. The second-order valence-corrected chi connectivity index (χ2v) is 8.26. The molecule has 0 amide bonds. The molecule has 1 aliphatic rings. The molecule has 120 valence electrons. The Labute approximate surface area is 132 Å². The van der Waals surface area contributed by atoms with E-state index in [0.717, 1.165) is 30.7 Å². The van der Waals surface area contributed by atoms with Gasteiger partial charge in [-0.25, -0.2) is 17.7 Å². The van der Waals surface area contributed by atoms with Crippen LogP contribution in [0, 0.1) is 12.8 Å². The Morgan fingerprint density at radius 2 is 1.91 bits per heavy atom. The molecule has 1 fully saturated rings. The van der Waals surface area contributed by atoms with Crippen molar-refractivity contribution in [3.05, 3.63) is 30.1 Å². The van der Waals surface area contributed by atoms with Crippen LogP contribution in [0.3, 0.4) is 0 Å². The summed E-state index contributed by atoms with van der Waals surface area (Å²) in [4.78, 5) is 4.60. The van der Waals surface area contributed by atoms with E-state index in [2.05, 4.69) is 15.6 Å². The molecule has 1 aromatic heterocycles. The predicted molar refractivity (Wildman–Crippen MR) is 88.2 cm³/mol. The van der Waals surface area contributed by atoms with Crippen LogP contribution in [0.2, 0.25) is 0 Å². The van der Waals surface area contributed by atoms with E-state index in [1.54, 1.807) is 11.2 Å². The molecule has 1 aromatic carbocycles. The number of fused-ring (bicyclic) bond motifs is 1. The third-order valence-electron chi connectivity index (χ3n) is 4.62. The molecule has 1 saturated heterocycles. The lowest BCUT2D eigenvalue weighted by Crippen LogP contribution is -2.40. The maximum absolute atomic E-state index is 11.9. The zero-order valence-electron chi connectivity index (χ0n) is 13.2. The molecule has 3 rings (SSSR count). The maximum Gasteiger partial charge on any atom is 0.213 e. The minimum Gasteiger partial charge on any atom is -0.328 e. The fourth-order valence-electron chi connectivity index (χ4n) is 3.24. The lowest BCUT2D eigenvalue weighted by molar-refractivity contribution is 0.254. The number of nitrogens with zero attached hydrogens (tertiary/aromatic N) is 3. The van der Waals surface area contributed by atoms with Gasteiger partial charge in [0.2, 0.25) is 10.0 Å². The van der Waals surface area contributed by atoms with Crippen molar-refractivity contribution in [2.45, 2.75) is 33.2 Å². The topological polar surface area (TPSA) is 55.2 Å². The number of para-hydroxylation sites is 2. The number of hydrogen-bond donors (Lipinski definition) is 0. The zero-order chi connectivity index (χ0) is 15.7. The minimum atomic E-state index is -3.04. The molecule has 2 heterocycles. The van der Waals surface area contributed by atoms with E-state index in [4.69, 9.17) is 0 Å². The van der Waals surface area contributed by atoms with Gasteiger partial charge >= 0.3 is 0 Å². The summed E-state index contributed by atoms with van der Waals surface area (Å²) < 4.78 is 27.7. The van der Waals surface area contributed by atoms with Crippen molar-refractivity contribution in [2.75, 3.05) is 18.8 Å². The summed E-state index contributed by atoms with van der Waals surface area (Å²) in [5.41, 5.74) is 2.20. The SMILES string of the molecule is CCS(=O)(=O)N1CCC(Cn2c(C)nc3ccccc32)CC1. The molecule has 0 saturated carbocycles. The summed E-state index contributed by atoms with van der Waals surface area (Å²) in [6.07, 6.45) is 1.84. The molecule has 0 unspecified atom stereocenters. The van der Waals surface area contributed by atoms with E-state index >= 15 is 0 Å². The fraction of sp³-hybridized carbons (Fsp3) is 0.562. The van der Waals surface area contributed by atoms with E-state index in [9.17, 15) is 8.42 Å². The Bertz CT molecular complexity index is 759. The highest BCUT2D eigenvalue weighted by molar-refractivity contribution is 7.89. The molecule has 22 heavy (non-hydrogen) atoms. The van der Waals surface area contributed by atoms with Crippen molar-refractivity contribution < 1.29 is 8.42 Å². The van der Waals surface area contributed by atoms with Gasteiger partial charge in [-0.2, -0.15) is 0 Å². The van der Waals surface area contributed by atoms with Crippen LogP contribution in [0.4, 0.5) is 0 Å². The molecule has 1 aliphatic heterocycles. The van der Waals surface area contributed by atoms with E-state index in [0.29, 0.717) is 19.0 Å². The summed E-state index contributed by atoms with van der Waals surface area (Å²) in [6.45, 7) is 5.96. The lowest BCUT2D eigenvalue weighted by atomic mass is 9.98. The van der Waals surface area contributed by atoms with Crippen LogP contribution in [0.25, 0.3) is 11.0 Å². The minimum absolute atomic E-state index is 0.197. The predicted octanol–water partition coefficient (Wildman–Crippen LogP) is 2.41. The van der Waals surface area contributed by atoms with Gasteiger partial charge < -0.3 is 4.57 Å². The summed E-state index contributed by atoms with van der Waals surface area (Å²) in [6, 6.07) is 8.19. The van der Waals surface area contributed by atoms with Gasteiger partial charge in [0.05, 0.1) is 16.8 Å². The van der Waals surface area contributed by atoms with Crippen molar-refractivity contribution in [3.63, 3.8) is 0 Å². The Balaban J connectivity index is 1.71. The van der Waals surface area contributed by atoms with Crippen molar-refractivity contribution in [2.24, 2.45) is 5.92 Å². The van der Waals surface area contributed by atoms with Crippen LogP contribution in [0.1, 0.15) is 25.6 Å². The summed E-state index contributed by atoms with van der Waals surface area (Å²) in [5.74, 6) is 1.74. The first-order valence-electron chi connectivity index (χ1n) is 7.91. The van der Waals surface area contributed by atoms with Crippen LogP contribution in [0.5, 0.6) is 0 Å². The maximum atomic E-state index is 11.9. The Kier molecular flexibility index (Phi) is 4.23. The fourth-order valence-corrected chi connectivity index (χ4v) is 4.37. The van der Waals surface area contributed by atoms with Gasteiger partial charge in [0.1, 0.15) is 5.82 Å². The second kappa shape index (κ2) is 6.01.